The molecule has 2 aromatic rings. The van der Waals surface area contributed by atoms with Crippen molar-refractivity contribution in [3.8, 4) is 0 Å². The molecule has 142 valence electrons. The summed E-state index contributed by atoms with van der Waals surface area (Å²) in [6, 6.07) is 8.93. The third-order valence-electron chi connectivity index (χ3n) is 6.81. The first-order chi connectivity index (χ1) is 13.3. The lowest BCUT2D eigenvalue weighted by molar-refractivity contribution is 0.0618. The zero-order chi connectivity index (χ0) is 18.3. The van der Waals surface area contributed by atoms with Gasteiger partial charge in [0.1, 0.15) is 0 Å². The first kappa shape index (κ1) is 17.0. The number of nitrogens with one attached hydrogen (secondary N) is 2. The molecule has 27 heavy (non-hydrogen) atoms. The zero-order valence-electron chi connectivity index (χ0n) is 15.9. The van der Waals surface area contributed by atoms with Gasteiger partial charge < -0.3 is 10.2 Å². The lowest BCUT2D eigenvalue weighted by Crippen LogP contribution is -2.49. The zero-order valence-corrected chi connectivity index (χ0v) is 15.9. The summed E-state index contributed by atoms with van der Waals surface area (Å²) in [7, 11) is 0. The number of hydrogen-bond acceptors (Lipinski definition) is 3. The van der Waals surface area contributed by atoms with Crippen LogP contribution in [-0.2, 0) is 24.8 Å². The van der Waals surface area contributed by atoms with Crippen molar-refractivity contribution >= 4 is 5.91 Å². The van der Waals surface area contributed by atoms with Gasteiger partial charge in [-0.15, -0.1) is 0 Å². The standard InChI is InChI=1S/C22H28N4O/c27-21(20-17-14-23-12-9-19(17)24-25-20)26-13-5-11-22(15-26)10-4-3-7-16-6-1-2-8-18(16)22/h1-2,6,8,23H,3-5,7,9-15H2,(H,24,25)/t22-/m1/s1. The number of piperidine rings is 1. The fourth-order valence-corrected chi connectivity index (χ4v) is 5.45. The number of carbonyl (C=O) groups excluding carboxylic acids is 1. The molecule has 5 nitrogen and oxygen atoms in total. The fourth-order valence-electron chi connectivity index (χ4n) is 5.45. The lowest BCUT2D eigenvalue weighted by Gasteiger charge is -2.43. The van der Waals surface area contributed by atoms with Gasteiger partial charge in [0.25, 0.3) is 5.91 Å². The quantitative estimate of drug-likeness (QED) is 0.818. The van der Waals surface area contributed by atoms with Crippen LogP contribution in [0.15, 0.2) is 24.3 Å². The molecule has 2 aliphatic heterocycles. The minimum absolute atomic E-state index is 0.108. The molecule has 1 spiro atoms. The normalized spacial score (nSPS) is 25.0. The largest absolute Gasteiger partial charge is 0.336 e. The van der Waals surface area contributed by atoms with Crippen LogP contribution in [-0.4, -0.2) is 40.6 Å². The predicted octanol–water partition coefficient (Wildman–Crippen LogP) is 2.96. The van der Waals surface area contributed by atoms with E-state index in [1.54, 1.807) is 0 Å². The molecule has 0 radical (unpaired) electrons. The van der Waals surface area contributed by atoms with E-state index in [1.807, 2.05) is 0 Å². The Kier molecular flexibility index (Phi) is 4.27. The Morgan fingerprint density at radius 1 is 1.11 bits per heavy atom. The maximum atomic E-state index is 13.4. The minimum atomic E-state index is 0.108. The highest BCUT2D eigenvalue weighted by Crippen LogP contribution is 2.43. The van der Waals surface area contributed by atoms with Crippen molar-refractivity contribution in [1.82, 2.24) is 20.4 Å². The molecule has 3 heterocycles. The lowest BCUT2D eigenvalue weighted by atomic mass is 9.70. The molecule has 3 aliphatic rings. The van der Waals surface area contributed by atoms with E-state index in [9.17, 15) is 4.79 Å². The highest BCUT2D eigenvalue weighted by Gasteiger charge is 2.41. The first-order valence-electron chi connectivity index (χ1n) is 10.4. The van der Waals surface area contributed by atoms with Gasteiger partial charge >= 0.3 is 0 Å². The van der Waals surface area contributed by atoms with E-state index in [4.69, 9.17) is 0 Å². The molecule has 1 atom stereocenters. The number of carbonyl (C=O) groups is 1. The van der Waals surface area contributed by atoms with E-state index in [0.29, 0.717) is 5.69 Å². The Morgan fingerprint density at radius 3 is 2.96 bits per heavy atom. The Morgan fingerprint density at radius 2 is 2.00 bits per heavy atom. The smallest absolute Gasteiger partial charge is 0.274 e. The van der Waals surface area contributed by atoms with Crippen LogP contribution in [0.3, 0.4) is 0 Å². The van der Waals surface area contributed by atoms with Crippen molar-refractivity contribution in [2.24, 2.45) is 0 Å². The summed E-state index contributed by atoms with van der Waals surface area (Å²) in [4.78, 5) is 15.5. The molecule has 5 heteroatoms. The second kappa shape index (κ2) is 6.79. The Labute approximate surface area is 160 Å². The summed E-state index contributed by atoms with van der Waals surface area (Å²) >= 11 is 0. The van der Waals surface area contributed by atoms with E-state index in [0.717, 1.165) is 50.3 Å². The second-order valence-corrected chi connectivity index (χ2v) is 8.43. The summed E-state index contributed by atoms with van der Waals surface area (Å²) in [5.41, 5.74) is 5.94. The number of rotatable bonds is 1. The second-order valence-electron chi connectivity index (χ2n) is 8.43. The molecule has 1 aromatic heterocycles. The fraction of sp³-hybridized carbons (Fsp3) is 0.545. The van der Waals surface area contributed by atoms with Gasteiger partial charge in [-0.2, -0.15) is 5.10 Å². The molecule has 1 amide bonds. The minimum Gasteiger partial charge on any atom is -0.336 e. The summed E-state index contributed by atoms with van der Waals surface area (Å²) in [5, 5.41) is 10.9. The third kappa shape index (κ3) is 2.89. The van der Waals surface area contributed by atoms with E-state index >= 15 is 0 Å². The average Bonchev–Trinajstić information content (AvgIpc) is 3.07. The Balaban J connectivity index is 1.46. The summed E-state index contributed by atoms with van der Waals surface area (Å²) in [5.74, 6) is 0.108. The topological polar surface area (TPSA) is 61.0 Å². The van der Waals surface area contributed by atoms with Crippen LogP contribution in [0.25, 0.3) is 0 Å². The third-order valence-corrected chi connectivity index (χ3v) is 6.81. The van der Waals surface area contributed by atoms with Gasteiger partial charge in [-0.1, -0.05) is 30.7 Å². The van der Waals surface area contributed by atoms with E-state index in [-0.39, 0.29) is 11.3 Å². The highest BCUT2D eigenvalue weighted by molar-refractivity contribution is 5.94. The molecule has 1 aromatic carbocycles. The summed E-state index contributed by atoms with van der Waals surface area (Å²) in [6.07, 6.45) is 8.05. The number of H-pyrrole nitrogens is 1. The molecule has 0 unspecified atom stereocenters. The summed E-state index contributed by atoms with van der Waals surface area (Å²) < 4.78 is 0. The van der Waals surface area contributed by atoms with Crippen molar-refractivity contribution in [1.29, 1.82) is 0 Å². The molecule has 2 N–H and O–H groups in total. The van der Waals surface area contributed by atoms with Gasteiger partial charge in [0.05, 0.1) is 0 Å². The van der Waals surface area contributed by atoms with Gasteiger partial charge in [-0.25, -0.2) is 0 Å². The van der Waals surface area contributed by atoms with Crippen molar-refractivity contribution < 1.29 is 4.79 Å². The summed E-state index contributed by atoms with van der Waals surface area (Å²) in [6.45, 7) is 3.37. The van der Waals surface area contributed by atoms with Crippen LogP contribution in [0.5, 0.6) is 0 Å². The van der Waals surface area contributed by atoms with Crippen LogP contribution in [0, 0.1) is 0 Å². The van der Waals surface area contributed by atoms with Crippen LogP contribution in [0.2, 0.25) is 0 Å². The molecule has 5 rings (SSSR count). The van der Waals surface area contributed by atoms with E-state index in [1.165, 1.54) is 43.2 Å². The molecule has 1 aliphatic carbocycles. The number of fused-ring (bicyclic) bond motifs is 3. The first-order valence-corrected chi connectivity index (χ1v) is 10.4. The molecule has 1 saturated heterocycles. The van der Waals surface area contributed by atoms with Gasteiger partial charge in [0, 0.05) is 49.3 Å². The highest BCUT2D eigenvalue weighted by atomic mass is 16.2. The number of likely N-dealkylation sites (tertiary alicyclic amines) is 1. The maximum Gasteiger partial charge on any atom is 0.274 e. The van der Waals surface area contributed by atoms with Gasteiger partial charge in [-0.05, 0) is 43.2 Å². The molecule has 1 fully saturated rings. The number of aryl methyl sites for hydroxylation is 1. The van der Waals surface area contributed by atoms with Crippen molar-refractivity contribution in [3.05, 3.63) is 52.3 Å². The number of aromatic nitrogens is 2. The monoisotopic (exact) mass is 364 g/mol. The van der Waals surface area contributed by atoms with Gasteiger partial charge in [0.2, 0.25) is 0 Å². The SMILES string of the molecule is O=C(c1n[nH]c2c1CNCC2)N1CCC[C@]2(CCCCc3ccccc32)C1. The van der Waals surface area contributed by atoms with Gasteiger partial charge in [-0.3, -0.25) is 9.89 Å². The van der Waals surface area contributed by atoms with Crippen molar-refractivity contribution in [2.75, 3.05) is 19.6 Å². The van der Waals surface area contributed by atoms with Crippen molar-refractivity contribution in [2.45, 2.75) is 56.9 Å². The van der Waals surface area contributed by atoms with Gasteiger partial charge in [0.15, 0.2) is 5.69 Å². The van der Waals surface area contributed by atoms with Crippen LogP contribution >= 0.6 is 0 Å². The number of benzene rings is 1. The van der Waals surface area contributed by atoms with E-state index in [2.05, 4.69) is 44.7 Å². The van der Waals surface area contributed by atoms with Crippen LogP contribution in [0.1, 0.15) is 65.0 Å². The molecular weight excluding hydrogens is 336 g/mol. The number of aromatic amines is 1. The average molecular weight is 364 g/mol. The predicted molar refractivity (Wildman–Crippen MR) is 105 cm³/mol. The Bertz CT molecular complexity index is 858. The molecule has 0 bridgehead atoms. The number of amides is 1. The van der Waals surface area contributed by atoms with Crippen LogP contribution in [0.4, 0.5) is 0 Å². The Hall–Kier alpha value is -2.14. The van der Waals surface area contributed by atoms with Crippen LogP contribution < -0.4 is 5.32 Å². The number of hydrogen-bond donors (Lipinski definition) is 2. The van der Waals surface area contributed by atoms with E-state index < -0.39 is 0 Å². The molecule has 0 saturated carbocycles. The maximum absolute atomic E-state index is 13.4. The number of nitrogens with zero attached hydrogens (tertiary/aromatic N) is 2. The molecular formula is C22H28N4O. The van der Waals surface area contributed by atoms with Crippen molar-refractivity contribution in [3.63, 3.8) is 0 Å².